The highest BCUT2D eigenvalue weighted by Crippen LogP contribution is 2.36. The van der Waals surface area contributed by atoms with Crippen LogP contribution in [0.15, 0.2) is 4.79 Å². The number of nitrogens with one attached hydrogen (secondary N) is 2. The summed E-state index contributed by atoms with van der Waals surface area (Å²) in [6.07, 6.45) is -3.98. The highest BCUT2D eigenvalue weighted by molar-refractivity contribution is 5.81. The molecule has 0 fully saturated rings. The molecule has 8 nitrogen and oxygen atoms in total. The number of pyridine rings is 1. The maximum absolute atomic E-state index is 13.5. The van der Waals surface area contributed by atoms with Crippen LogP contribution in [-0.4, -0.2) is 30.6 Å². The van der Waals surface area contributed by atoms with Crippen LogP contribution >= 0.6 is 0 Å². The topological polar surface area (TPSA) is 106 Å². The lowest BCUT2D eigenvalue weighted by Crippen LogP contribution is -2.35. The van der Waals surface area contributed by atoms with Crippen molar-refractivity contribution in [1.29, 1.82) is 0 Å². The van der Waals surface area contributed by atoms with E-state index >= 15 is 0 Å². The van der Waals surface area contributed by atoms with Crippen molar-refractivity contribution in [1.82, 2.24) is 30.0 Å². The number of aromatic nitrogens is 5. The van der Waals surface area contributed by atoms with Gasteiger partial charge in [0.1, 0.15) is 5.82 Å². The second-order valence-electron chi connectivity index (χ2n) is 8.20. The Morgan fingerprint density at radius 2 is 1.94 bits per heavy atom. The number of aryl methyl sites for hydroxylation is 5. The molecular weight excluding hydrogens is 425 g/mol. The van der Waals surface area contributed by atoms with Crippen molar-refractivity contribution in [2.45, 2.75) is 52.8 Å². The molecule has 0 saturated carbocycles. The number of rotatable bonds is 3. The fourth-order valence-corrected chi connectivity index (χ4v) is 4.42. The third-order valence-corrected chi connectivity index (χ3v) is 6.04. The third kappa shape index (κ3) is 3.76. The highest BCUT2D eigenvalue weighted by Gasteiger charge is 2.39. The first-order chi connectivity index (χ1) is 15.0. The average Bonchev–Trinajstić information content (AvgIpc) is 2.99. The zero-order valence-electron chi connectivity index (χ0n) is 18.1. The second kappa shape index (κ2) is 7.72. The van der Waals surface area contributed by atoms with E-state index in [4.69, 9.17) is 0 Å². The average molecular weight is 448 g/mol. The minimum Gasteiger partial charge on any atom is -0.352 e. The Balaban J connectivity index is 1.56. The Labute approximate surface area is 181 Å². The number of nitrogens with zero attached hydrogens (tertiary/aromatic N) is 4. The number of hydrogen-bond acceptors (Lipinski definition) is 5. The number of carbonyl (C=O) groups excluding carboxylic acids is 1. The van der Waals surface area contributed by atoms with Crippen LogP contribution in [-0.2, 0) is 37.4 Å². The largest absolute Gasteiger partial charge is 0.433 e. The van der Waals surface area contributed by atoms with E-state index in [0.717, 1.165) is 0 Å². The van der Waals surface area contributed by atoms with Crippen LogP contribution in [0.5, 0.6) is 0 Å². The summed E-state index contributed by atoms with van der Waals surface area (Å²) in [5.74, 6) is -0.888. The Morgan fingerprint density at radius 1 is 1.22 bits per heavy atom. The van der Waals surface area contributed by atoms with Gasteiger partial charge in [-0.05, 0) is 51.2 Å². The van der Waals surface area contributed by atoms with Crippen LogP contribution in [0, 0.1) is 26.7 Å². The van der Waals surface area contributed by atoms with Gasteiger partial charge in [-0.1, -0.05) is 0 Å². The van der Waals surface area contributed by atoms with Crippen LogP contribution in [0.2, 0.25) is 0 Å². The number of carbonyl (C=O) groups is 1. The quantitative estimate of drug-likeness (QED) is 0.640. The Morgan fingerprint density at radius 3 is 2.62 bits per heavy atom. The van der Waals surface area contributed by atoms with E-state index in [9.17, 15) is 22.8 Å². The number of hydrogen-bond donors (Lipinski definition) is 2. The first kappa shape index (κ1) is 22.0. The summed E-state index contributed by atoms with van der Waals surface area (Å²) in [6, 6.07) is 0. The molecule has 3 aromatic rings. The highest BCUT2D eigenvalue weighted by atomic mass is 19.4. The van der Waals surface area contributed by atoms with E-state index in [2.05, 4.69) is 25.4 Å². The van der Waals surface area contributed by atoms with Crippen molar-refractivity contribution in [3.05, 3.63) is 50.0 Å². The number of alkyl halides is 3. The summed E-state index contributed by atoms with van der Waals surface area (Å²) in [6.45, 7) is 5.15. The smallest absolute Gasteiger partial charge is 0.352 e. The van der Waals surface area contributed by atoms with Crippen LogP contribution in [0.25, 0.3) is 11.0 Å². The maximum atomic E-state index is 13.5. The minimum absolute atomic E-state index is 0.000710. The molecule has 0 radical (unpaired) electrons. The Bertz CT molecular complexity index is 1290. The number of aromatic amines is 1. The summed E-state index contributed by atoms with van der Waals surface area (Å²) in [5, 5.41) is 5.94. The van der Waals surface area contributed by atoms with Crippen LogP contribution < -0.4 is 10.9 Å². The fourth-order valence-electron chi connectivity index (χ4n) is 4.42. The van der Waals surface area contributed by atoms with Gasteiger partial charge in [-0.15, -0.1) is 0 Å². The third-order valence-electron chi connectivity index (χ3n) is 6.04. The van der Waals surface area contributed by atoms with E-state index in [1.54, 1.807) is 25.6 Å². The van der Waals surface area contributed by atoms with Crippen molar-refractivity contribution in [3.8, 4) is 0 Å². The van der Waals surface area contributed by atoms with E-state index in [0.29, 0.717) is 40.0 Å². The number of fused-ring (bicyclic) bond motifs is 2. The molecule has 0 aromatic carbocycles. The van der Waals surface area contributed by atoms with Gasteiger partial charge in [0.15, 0.2) is 11.3 Å². The molecule has 170 valence electrons. The zero-order valence-corrected chi connectivity index (χ0v) is 18.1. The van der Waals surface area contributed by atoms with E-state index in [1.807, 2.05) is 0 Å². The Hall–Kier alpha value is -3.24. The minimum atomic E-state index is -4.60. The van der Waals surface area contributed by atoms with Crippen molar-refractivity contribution in [2.75, 3.05) is 0 Å². The molecule has 2 N–H and O–H groups in total. The molecule has 0 saturated heterocycles. The van der Waals surface area contributed by atoms with Gasteiger partial charge in [-0.25, -0.2) is 15.0 Å². The van der Waals surface area contributed by atoms with E-state index in [-0.39, 0.29) is 42.2 Å². The van der Waals surface area contributed by atoms with Crippen LogP contribution in [0.1, 0.15) is 46.0 Å². The van der Waals surface area contributed by atoms with Gasteiger partial charge in [0.25, 0.3) is 5.56 Å². The summed E-state index contributed by atoms with van der Waals surface area (Å²) in [7, 11) is 1.69. The standard InChI is InChI=1S/C21H23F3N6O2/c1-9-14(10(2)26-18-16(9)20(32)29-30(18)4)8-25-19(31)12-5-6-15-13(7-12)17(21(22,23)24)28-11(3)27-15/h12H,5-8H2,1-4H3,(H,25,31)(H,29,32). The summed E-state index contributed by atoms with van der Waals surface area (Å²) in [5.41, 5.74) is 1.77. The predicted octanol–water partition coefficient (Wildman–Crippen LogP) is 2.42. The predicted molar refractivity (Wildman–Crippen MR) is 110 cm³/mol. The lowest BCUT2D eigenvalue weighted by Gasteiger charge is -2.26. The summed E-state index contributed by atoms with van der Waals surface area (Å²) in [4.78, 5) is 37.3. The molecule has 1 atom stereocenters. The zero-order chi connectivity index (χ0) is 23.4. The molecule has 1 aliphatic rings. The molecule has 1 amide bonds. The van der Waals surface area contributed by atoms with Gasteiger partial charge in [0, 0.05) is 36.5 Å². The van der Waals surface area contributed by atoms with Gasteiger partial charge in [0.05, 0.1) is 5.39 Å². The number of H-pyrrole nitrogens is 1. The molecular formula is C21H23F3N6O2. The van der Waals surface area contributed by atoms with Gasteiger partial charge in [-0.3, -0.25) is 19.4 Å². The second-order valence-corrected chi connectivity index (χ2v) is 8.20. The first-order valence-electron chi connectivity index (χ1n) is 10.2. The molecule has 1 unspecified atom stereocenters. The first-order valence-corrected chi connectivity index (χ1v) is 10.2. The van der Waals surface area contributed by atoms with Crippen molar-refractivity contribution >= 4 is 16.9 Å². The van der Waals surface area contributed by atoms with Crippen molar-refractivity contribution in [3.63, 3.8) is 0 Å². The van der Waals surface area contributed by atoms with Gasteiger partial charge < -0.3 is 5.32 Å². The number of halogens is 3. The van der Waals surface area contributed by atoms with Crippen molar-refractivity contribution in [2.24, 2.45) is 13.0 Å². The molecule has 1 aliphatic carbocycles. The monoisotopic (exact) mass is 448 g/mol. The molecule has 0 bridgehead atoms. The summed E-state index contributed by atoms with van der Waals surface area (Å²) >= 11 is 0. The molecule has 0 aliphatic heterocycles. The molecule has 32 heavy (non-hydrogen) atoms. The lowest BCUT2D eigenvalue weighted by molar-refractivity contribution is -0.142. The molecule has 4 rings (SSSR count). The molecule has 0 spiro atoms. The normalized spacial score (nSPS) is 16.3. The fraction of sp³-hybridized carbons (Fsp3) is 0.476. The van der Waals surface area contributed by atoms with E-state index < -0.39 is 17.8 Å². The molecule has 3 heterocycles. The molecule has 3 aromatic heterocycles. The summed E-state index contributed by atoms with van der Waals surface area (Å²) < 4.78 is 42.0. The van der Waals surface area contributed by atoms with Crippen molar-refractivity contribution < 1.29 is 18.0 Å². The molecule has 11 heteroatoms. The maximum Gasteiger partial charge on any atom is 0.433 e. The number of amides is 1. The van der Waals surface area contributed by atoms with Gasteiger partial charge in [0.2, 0.25) is 5.91 Å². The van der Waals surface area contributed by atoms with Gasteiger partial charge in [-0.2, -0.15) is 13.2 Å². The van der Waals surface area contributed by atoms with Gasteiger partial charge >= 0.3 is 6.18 Å². The lowest BCUT2D eigenvalue weighted by atomic mass is 9.85. The van der Waals surface area contributed by atoms with Crippen LogP contribution in [0.4, 0.5) is 13.2 Å². The Kier molecular flexibility index (Phi) is 5.30. The van der Waals surface area contributed by atoms with E-state index in [1.165, 1.54) is 6.92 Å². The van der Waals surface area contributed by atoms with Crippen LogP contribution in [0.3, 0.4) is 0 Å². The SMILES string of the molecule is Cc1nc2c(c(C(F)(F)F)n1)CC(C(=O)NCc1c(C)nc3c(c1C)c(=O)[nH]n3C)CC2.